The lowest BCUT2D eigenvalue weighted by molar-refractivity contribution is -0.152. The van der Waals surface area contributed by atoms with Gasteiger partial charge in [-0.1, -0.05) is 87.5 Å². The van der Waals surface area contributed by atoms with Gasteiger partial charge in [0.25, 0.3) is 8.32 Å². The zero-order valence-electron chi connectivity index (χ0n) is 27.5. The number of nitrogens with one attached hydrogen (secondary N) is 1. The summed E-state index contributed by atoms with van der Waals surface area (Å²) in [5.74, 6) is 0.572. The van der Waals surface area contributed by atoms with E-state index in [0.717, 1.165) is 22.5 Å². The lowest BCUT2D eigenvalue weighted by Gasteiger charge is -2.49. The highest BCUT2D eigenvalue weighted by Gasteiger charge is 2.53. The first kappa shape index (κ1) is 31.2. The predicted octanol–water partition coefficient (Wildman–Crippen LogP) is 4.70. The number of pyridine rings is 1. The summed E-state index contributed by atoms with van der Waals surface area (Å²) >= 11 is 0. The monoisotopic (exact) mass is 646 g/mol. The molecule has 2 aromatic carbocycles. The number of benzene rings is 2. The Bertz CT molecular complexity index is 1800. The van der Waals surface area contributed by atoms with E-state index in [2.05, 4.69) is 97.8 Å². The van der Waals surface area contributed by atoms with Crippen LogP contribution in [0.1, 0.15) is 32.8 Å². The van der Waals surface area contributed by atoms with E-state index in [0.29, 0.717) is 38.7 Å². The highest BCUT2D eigenvalue weighted by molar-refractivity contribution is 6.99. The van der Waals surface area contributed by atoms with Crippen LogP contribution in [0.2, 0.25) is 5.04 Å². The summed E-state index contributed by atoms with van der Waals surface area (Å²) < 4.78 is 14.9. The molecule has 0 aliphatic carbocycles. The minimum atomic E-state index is -2.93. The van der Waals surface area contributed by atoms with Gasteiger partial charge in [-0.25, -0.2) is 9.50 Å². The van der Waals surface area contributed by atoms with Crippen molar-refractivity contribution in [3.63, 3.8) is 0 Å². The minimum Gasteiger partial charge on any atom is -0.401 e. The molecule has 2 saturated heterocycles. The van der Waals surface area contributed by atoms with Crippen molar-refractivity contribution in [3.8, 4) is 11.4 Å². The van der Waals surface area contributed by atoms with Crippen LogP contribution in [-0.4, -0.2) is 77.2 Å². The number of aryl methyl sites for hydroxylation is 1. The molecule has 0 unspecified atom stereocenters. The largest absolute Gasteiger partial charge is 0.401 e. The summed E-state index contributed by atoms with van der Waals surface area (Å²) in [7, 11) is -2.93. The highest BCUT2D eigenvalue weighted by Crippen LogP contribution is 2.39. The molecule has 1 N–H and O–H groups in total. The number of amides is 1. The Labute approximate surface area is 277 Å². The standard InChI is InChI=1S/C37H42N6O3Si/c1-26-15-17-31(38-21-26)33-18-16-28-22-39-36(41-43(28)33)40-32-19-20-42(35(44)27-24-45-25-27)23-34(32)46-47(37(2,3)4,29-11-7-5-8-12-29)30-13-9-6-10-14-30/h5-18,21-22,27,32,34H,19-20,23-25H2,1-4H3,(H,40,41)/t32-,34-/m1/s1. The summed E-state index contributed by atoms with van der Waals surface area (Å²) in [6.07, 6.45) is 4.08. The molecule has 0 radical (unpaired) electrons. The SMILES string of the molecule is Cc1ccc(-c2ccc3cnc(N[C@@H]4CCN(C(=O)C5COC5)C[C@H]4O[Si](c4ccccc4)(c4ccccc4)C(C)(C)C)nn23)nc1. The number of rotatable bonds is 8. The van der Waals surface area contributed by atoms with Gasteiger partial charge in [0.05, 0.1) is 54.4 Å². The number of piperidine rings is 1. The average Bonchev–Trinajstić information content (AvgIpc) is 3.47. The fourth-order valence-corrected chi connectivity index (χ4v) is 11.6. The molecular weight excluding hydrogens is 605 g/mol. The van der Waals surface area contributed by atoms with Gasteiger partial charge in [-0.2, -0.15) is 0 Å². The Morgan fingerprint density at radius 1 is 0.915 bits per heavy atom. The second kappa shape index (κ2) is 12.7. The Kier molecular flexibility index (Phi) is 8.42. The minimum absolute atomic E-state index is 0.0821. The molecule has 47 heavy (non-hydrogen) atoms. The fraction of sp³-hybridized carbons (Fsp3) is 0.351. The van der Waals surface area contributed by atoms with Crippen LogP contribution in [0.5, 0.6) is 0 Å². The number of aromatic nitrogens is 4. The molecule has 2 atom stereocenters. The molecule has 0 bridgehead atoms. The highest BCUT2D eigenvalue weighted by atomic mass is 28.4. The van der Waals surface area contributed by atoms with Crippen molar-refractivity contribution in [2.75, 3.05) is 31.6 Å². The summed E-state index contributed by atoms with van der Waals surface area (Å²) in [4.78, 5) is 24.9. The van der Waals surface area contributed by atoms with Crippen LogP contribution in [0.25, 0.3) is 16.9 Å². The van der Waals surface area contributed by atoms with E-state index in [1.807, 2.05) is 46.9 Å². The van der Waals surface area contributed by atoms with Gasteiger partial charge in [0.2, 0.25) is 11.9 Å². The third-order valence-corrected chi connectivity index (χ3v) is 14.6. The quantitative estimate of drug-likeness (QED) is 0.244. The number of hydrogen-bond donors (Lipinski definition) is 1. The molecule has 3 aromatic heterocycles. The number of fused-ring (bicyclic) bond motifs is 1. The number of hydrogen-bond acceptors (Lipinski definition) is 7. The number of likely N-dealkylation sites (tertiary alicyclic amines) is 1. The molecule has 7 rings (SSSR count). The first-order chi connectivity index (χ1) is 22.7. The number of ether oxygens (including phenoxy) is 1. The maximum atomic E-state index is 13.6. The number of nitrogens with zero attached hydrogens (tertiary/aromatic N) is 5. The second-order valence-corrected chi connectivity index (χ2v) is 18.0. The van der Waals surface area contributed by atoms with E-state index >= 15 is 0 Å². The van der Waals surface area contributed by atoms with Crippen molar-refractivity contribution in [3.05, 3.63) is 103 Å². The van der Waals surface area contributed by atoms with Crippen molar-refractivity contribution < 1.29 is 14.0 Å². The van der Waals surface area contributed by atoms with Gasteiger partial charge in [-0.3, -0.25) is 9.78 Å². The van der Waals surface area contributed by atoms with E-state index in [9.17, 15) is 4.79 Å². The molecular formula is C37H42N6O3Si. The molecule has 242 valence electrons. The third kappa shape index (κ3) is 5.97. The summed E-state index contributed by atoms with van der Waals surface area (Å²) in [6, 6.07) is 29.3. The molecule has 2 aliphatic rings. The average molecular weight is 647 g/mol. The van der Waals surface area contributed by atoms with Crippen molar-refractivity contribution in [2.24, 2.45) is 5.92 Å². The summed E-state index contributed by atoms with van der Waals surface area (Å²) in [5, 5.41) is 10.8. The van der Waals surface area contributed by atoms with E-state index in [-0.39, 0.29) is 29.0 Å². The van der Waals surface area contributed by atoms with Crippen molar-refractivity contribution in [1.82, 2.24) is 24.5 Å². The Hall–Kier alpha value is -4.38. The van der Waals surface area contributed by atoms with E-state index < -0.39 is 8.32 Å². The Morgan fingerprint density at radius 2 is 1.62 bits per heavy atom. The fourth-order valence-electron chi connectivity index (χ4n) is 6.90. The zero-order valence-corrected chi connectivity index (χ0v) is 28.5. The lowest BCUT2D eigenvalue weighted by Crippen LogP contribution is -2.70. The van der Waals surface area contributed by atoms with Crippen molar-refractivity contribution in [1.29, 1.82) is 0 Å². The van der Waals surface area contributed by atoms with Gasteiger partial charge >= 0.3 is 0 Å². The predicted molar refractivity (Wildman–Crippen MR) is 186 cm³/mol. The van der Waals surface area contributed by atoms with Gasteiger partial charge in [-0.05, 0) is 52.5 Å². The Morgan fingerprint density at radius 3 is 2.21 bits per heavy atom. The summed E-state index contributed by atoms with van der Waals surface area (Å²) in [5.41, 5.74) is 3.73. The van der Waals surface area contributed by atoms with Crippen LogP contribution in [0.4, 0.5) is 5.95 Å². The maximum absolute atomic E-state index is 13.6. The van der Waals surface area contributed by atoms with E-state index in [1.165, 1.54) is 10.4 Å². The molecule has 5 aromatic rings. The molecule has 1 amide bonds. The van der Waals surface area contributed by atoms with Crippen LogP contribution in [0, 0.1) is 12.8 Å². The maximum Gasteiger partial charge on any atom is 0.261 e. The third-order valence-electron chi connectivity index (χ3n) is 9.49. The van der Waals surface area contributed by atoms with Crippen LogP contribution in [0.3, 0.4) is 0 Å². The smallest absolute Gasteiger partial charge is 0.261 e. The molecule has 9 nitrogen and oxygen atoms in total. The van der Waals surface area contributed by atoms with Gasteiger partial charge in [0, 0.05) is 19.3 Å². The van der Waals surface area contributed by atoms with Gasteiger partial charge < -0.3 is 19.4 Å². The van der Waals surface area contributed by atoms with Crippen molar-refractivity contribution in [2.45, 2.75) is 51.3 Å². The number of carbonyl (C=O) groups is 1. The zero-order chi connectivity index (χ0) is 32.6. The number of anilines is 1. The summed E-state index contributed by atoms with van der Waals surface area (Å²) in [6.45, 7) is 10.9. The molecule has 0 saturated carbocycles. The van der Waals surface area contributed by atoms with Crippen LogP contribution in [-0.2, 0) is 14.0 Å². The van der Waals surface area contributed by atoms with E-state index in [4.69, 9.17) is 19.2 Å². The first-order valence-electron chi connectivity index (χ1n) is 16.4. The molecule has 10 heteroatoms. The van der Waals surface area contributed by atoms with Crippen LogP contribution in [0.15, 0.2) is 97.3 Å². The molecule has 2 aliphatic heterocycles. The first-order valence-corrected chi connectivity index (χ1v) is 18.3. The van der Waals surface area contributed by atoms with Gasteiger partial charge in [0.1, 0.15) is 0 Å². The number of carbonyl (C=O) groups excluding carboxylic acids is 1. The normalized spacial score (nSPS) is 19.0. The van der Waals surface area contributed by atoms with Crippen LogP contribution >= 0.6 is 0 Å². The topological polar surface area (TPSA) is 93.9 Å². The van der Waals surface area contributed by atoms with E-state index in [1.54, 1.807) is 0 Å². The molecule has 5 heterocycles. The second-order valence-electron chi connectivity index (χ2n) is 13.7. The van der Waals surface area contributed by atoms with Gasteiger partial charge in [0.15, 0.2) is 0 Å². The van der Waals surface area contributed by atoms with Crippen LogP contribution < -0.4 is 15.7 Å². The van der Waals surface area contributed by atoms with Crippen molar-refractivity contribution >= 4 is 36.1 Å². The Balaban J connectivity index is 1.27. The molecule has 0 spiro atoms. The molecule has 2 fully saturated rings. The lowest BCUT2D eigenvalue weighted by atomic mass is 9.99. The van der Waals surface area contributed by atoms with Gasteiger partial charge in [-0.15, -0.1) is 5.10 Å².